The number of nitrogens with one attached hydrogen (secondary N) is 1. The molecular weight excluding hydrogens is 374 g/mol. The maximum absolute atomic E-state index is 12.7. The first-order valence-electron chi connectivity index (χ1n) is 12.5. The van der Waals surface area contributed by atoms with Crippen molar-refractivity contribution in [3.05, 3.63) is 11.6 Å². The molecule has 170 valence electrons. The summed E-state index contributed by atoms with van der Waals surface area (Å²) in [6.45, 7) is 5.76. The highest BCUT2D eigenvalue weighted by Crippen LogP contribution is 2.67. The van der Waals surface area contributed by atoms with E-state index in [0.717, 1.165) is 45.1 Å². The van der Waals surface area contributed by atoms with Crippen molar-refractivity contribution in [2.75, 3.05) is 20.2 Å². The van der Waals surface area contributed by atoms with Crippen LogP contribution in [0.25, 0.3) is 0 Å². The third-order valence-electron chi connectivity index (χ3n) is 10.1. The highest BCUT2D eigenvalue weighted by atomic mass is 16.3. The van der Waals surface area contributed by atoms with E-state index < -0.39 is 6.10 Å². The Balaban J connectivity index is 1.55. The van der Waals surface area contributed by atoms with Gasteiger partial charge in [0.25, 0.3) is 0 Å². The van der Waals surface area contributed by atoms with E-state index in [-0.39, 0.29) is 29.3 Å². The first-order valence-corrected chi connectivity index (χ1v) is 12.5. The van der Waals surface area contributed by atoms with Crippen molar-refractivity contribution in [1.29, 1.82) is 0 Å². The highest BCUT2D eigenvalue weighted by Gasteiger charge is 2.64. The van der Waals surface area contributed by atoms with Crippen LogP contribution in [0, 0.1) is 40.4 Å². The predicted octanol–water partition coefficient (Wildman–Crippen LogP) is 4.10. The minimum atomic E-state index is -0.469. The van der Waals surface area contributed by atoms with Crippen LogP contribution in [0.3, 0.4) is 0 Å². The normalized spacial score (nSPS) is 47.1. The Bertz CT molecular complexity index is 675. The molecule has 4 heteroatoms. The predicted molar refractivity (Wildman–Crippen MR) is 120 cm³/mol. The molecule has 0 bridgehead atoms. The molecule has 4 aliphatic rings. The summed E-state index contributed by atoms with van der Waals surface area (Å²) < 4.78 is 0. The third kappa shape index (κ3) is 3.51. The molecule has 0 aromatic rings. The molecule has 0 aromatic heterocycles. The second-order valence-electron chi connectivity index (χ2n) is 11.3. The molecule has 8 atom stereocenters. The maximum atomic E-state index is 12.7. The number of unbranched alkanes of at least 4 members (excludes halogenated alkanes) is 2. The number of allylic oxidation sites excluding steroid dienone is 2. The molecule has 4 unspecified atom stereocenters. The average Bonchev–Trinajstić information content (AvgIpc) is 3.04. The van der Waals surface area contributed by atoms with Crippen LogP contribution < -0.4 is 5.32 Å². The smallest absolute Gasteiger partial charge is 0.139 e. The summed E-state index contributed by atoms with van der Waals surface area (Å²) in [5.41, 5.74) is 1.48. The first-order chi connectivity index (χ1) is 14.4. The summed E-state index contributed by atoms with van der Waals surface area (Å²) in [4.78, 5) is 12.7. The van der Waals surface area contributed by atoms with Crippen LogP contribution in [0.1, 0.15) is 78.1 Å². The lowest BCUT2D eigenvalue weighted by atomic mass is 9.42. The van der Waals surface area contributed by atoms with E-state index in [1.54, 1.807) is 5.57 Å². The molecule has 0 aromatic carbocycles. The van der Waals surface area contributed by atoms with E-state index in [4.69, 9.17) is 0 Å². The Kier molecular flexibility index (Phi) is 6.50. The summed E-state index contributed by atoms with van der Waals surface area (Å²) in [5, 5.41) is 25.1. The number of Topliss-reactive ketones (excluding diaryl/α,β-unsaturated/α-hetero) is 1. The minimum Gasteiger partial charge on any atom is -0.396 e. The van der Waals surface area contributed by atoms with Gasteiger partial charge in [-0.2, -0.15) is 0 Å². The van der Waals surface area contributed by atoms with Gasteiger partial charge < -0.3 is 15.5 Å². The first kappa shape index (κ1) is 22.5. The number of fused-ring (bicyclic) bond motifs is 5. The number of carbonyl (C=O) groups is 1. The van der Waals surface area contributed by atoms with E-state index in [9.17, 15) is 15.0 Å². The van der Waals surface area contributed by atoms with E-state index in [0.29, 0.717) is 30.0 Å². The van der Waals surface area contributed by atoms with E-state index >= 15 is 0 Å². The van der Waals surface area contributed by atoms with Gasteiger partial charge in [-0.05, 0) is 100 Å². The lowest BCUT2D eigenvalue weighted by molar-refractivity contribution is -0.191. The fourth-order valence-electron chi connectivity index (χ4n) is 8.24. The summed E-state index contributed by atoms with van der Waals surface area (Å²) in [6, 6.07) is 0. The molecule has 30 heavy (non-hydrogen) atoms. The summed E-state index contributed by atoms with van der Waals surface area (Å²) in [6.07, 6.45) is 12.6. The molecule has 0 spiro atoms. The minimum absolute atomic E-state index is 0.0534. The largest absolute Gasteiger partial charge is 0.396 e. The van der Waals surface area contributed by atoms with Crippen LogP contribution in [0.2, 0.25) is 0 Å². The standard InChI is InChI=1S/C26H43NO3/c1-25-12-10-17(7-5-4-6-14-27-3)15-21(25)18(16-28)24(30)23-19-8-9-22(29)26(19,2)13-11-20(23)25/h7,18-21,23-24,27-28,30H,4-6,8-16H2,1-3H3/b17-7+/t18-,19?,20?,21?,23?,24-,25-,26+/m1/s1. The van der Waals surface area contributed by atoms with Gasteiger partial charge in [0.2, 0.25) is 0 Å². The molecule has 0 radical (unpaired) electrons. The van der Waals surface area contributed by atoms with E-state index in [1.807, 2.05) is 7.05 Å². The lowest BCUT2D eigenvalue weighted by Crippen LogP contribution is -2.62. The zero-order valence-corrected chi connectivity index (χ0v) is 19.3. The molecule has 0 saturated heterocycles. The van der Waals surface area contributed by atoms with Crippen molar-refractivity contribution in [3.63, 3.8) is 0 Å². The van der Waals surface area contributed by atoms with Crippen LogP contribution >= 0.6 is 0 Å². The van der Waals surface area contributed by atoms with E-state index in [1.165, 1.54) is 19.3 Å². The number of rotatable bonds is 6. The van der Waals surface area contributed by atoms with Crippen LogP contribution in [0.15, 0.2) is 11.6 Å². The van der Waals surface area contributed by atoms with Gasteiger partial charge in [-0.3, -0.25) is 4.79 Å². The topological polar surface area (TPSA) is 69.6 Å². The Labute approximate surface area is 182 Å². The van der Waals surface area contributed by atoms with Gasteiger partial charge in [-0.1, -0.05) is 25.5 Å². The van der Waals surface area contributed by atoms with Crippen molar-refractivity contribution >= 4 is 5.78 Å². The number of aliphatic hydroxyl groups excluding tert-OH is 2. The molecule has 3 N–H and O–H groups in total. The highest BCUT2D eigenvalue weighted by molar-refractivity contribution is 5.87. The Hall–Kier alpha value is -0.710. The zero-order valence-electron chi connectivity index (χ0n) is 19.3. The number of carbonyl (C=O) groups excluding carboxylic acids is 1. The van der Waals surface area contributed by atoms with Gasteiger partial charge in [0.05, 0.1) is 6.10 Å². The van der Waals surface area contributed by atoms with Crippen molar-refractivity contribution in [3.8, 4) is 0 Å². The Morgan fingerprint density at radius 2 is 1.90 bits per heavy atom. The van der Waals surface area contributed by atoms with Crippen molar-refractivity contribution in [1.82, 2.24) is 5.32 Å². The maximum Gasteiger partial charge on any atom is 0.139 e. The molecule has 4 saturated carbocycles. The van der Waals surface area contributed by atoms with Gasteiger partial charge in [0.15, 0.2) is 0 Å². The Morgan fingerprint density at radius 1 is 1.10 bits per heavy atom. The van der Waals surface area contributed by atoms with Gasteiger partial charge >= 0.3 is 0 Å². The molecule has 0 aliphatic heterocycles. The van der Waals surface area contributed by atoms with Gasteiger partial charge in [0.1, 0.15) is 5.78 Å². The number of hydrogen-bond donors (Lipinski definition) is 3. The summed E-state index contributed by atoms with van der Waals surface area (Å²) >= 11 is 0. The van der Waals surface area contributed by atoms with Crippen molar-refractivity contribution < 1.29 is 15.0 Å². The Morgan fingerprint density at radius 3 is 2.63 bits per heavy atom. The van der Waals surface area contributed by atoms with Crippen LogP contribution in [-0.4, -0.2) is 42.3 Å². The second kappa shape index (κ2) is 8.67. The molecule has 4 rings (SSSR count). The fourth-order valence-corrected chi connectivity index (χ4v) is 8.24. The molecule has 0 heterocycles. The van der Waals surface area contributed by atoms with Crippen molar-refractivity contribution in [2.45, 2.75) is 84.2 Å². The van der Waals surface area contributed by atoms with Crippen LogP contribution in [0.5, 0.6) is 0 Å². The molecule has 4 fully saturated rings. The number of ketones is 1. The molecule has 4 nitrogen and oxygen atoms in total. The molecular formula is C26H43NO3. The zero-order chi connectivity index (χ0) is 21.5. The van der Waals surface area contributed by atoms with Gasteiger partial charge in [-0.25, -0.2) is 0 Å². The quantitative estimate of drug-likeness (QED) is 0.449. The van der Waals surface area contributed by atoms with Crippen LogP contribution in [0.4, 0.5) is 0 Å². The van der Waals surface area contributed by atoms with E-state index in [2.05, 4.69) is 25.2 Å². The fraction of sp³-hybridized carbons (Fsp3) is 0.885. The lowest BCUT2D eigenvalue weighted by Gasteiger charge is -2.63. The summed E-state index contributed by atoms with van der Waals surface area (Å²) in [5.74, 6) is 1.69. The second-order valence-corrected chi connectivity index (χ2v) is 11.3. The van der Waals surface area contributed by atoms with Gasteiger partial charge in [-0.15, -0.1) is 0 Å². The third-order valence-corrected chi connectivity index (χ3v) is 10.1. The van der Waals surface area contributed by atoms with Gasteiger partial charge in [0, 0.05) is 24.4 Å². The summed E-state index contributed by atoms with van der Waals surface area (Å²) in [7, 11) is 2.01. The number of hydrogen-bond acceptors (Lipinski definition) is 4. The SMILES string of the molecule is CNCCCC/C=C1\CC[C@]2(C)C3CC[C@]4(C)C(=O)CCC4C3[C@H](O)[C@H](CO)C2C1. The van der Waals surface area contributed by atoms with Crippen molar-refractivity contribution in [2.24, 2.45) is 40.4 Å². The molecule has 4 aliphatic carbocycles. The van der Waals surface area contributed by atoms with Crippen LogP contribution in [-0.2, 0) is 4.79 Å². The monoisotopic (exact) mass is 417 g/mol. The molecule has 0 amide bonds. The average molecular weight is 418 g/mol. The number of aliphatic hydroxyl groups is 2.